The van der Waals surface area contributed by atoms with Gasteiger partial charge in [-0.25, -0.2) is 0 Å². The van der Waals surface area contributed by atoms with Crippen LogP contribution < -0.4 is 4.74 Å². The van der Waals surface area contributed by atoms with E-state index in [1.54, 1.807) is 35.9 Å². The van der Waals surface area contributed by atoms with E-state index < -0.39 is 0 Å². The van der Waals surface area contributed by atoms with E-state index >= 15 is 0 Å². The number of H-pyrrole nitrogens is 1. The summed E-state index contributed by atoms with van der Waals surface area (Å²) in [5.74, 6) is 0.629. The standard InChI is InChI=1S/C18H15N3O2/c1-11-16-14-5-3-4-6-15(14)21(17(16)20-19-11)18(22)12-7-9-13(23-2)10-8-12/h3-10H,1-2H3,(H,19,20). The van der Waals surface area contributed by atoms with Gasteiger partial charge in [0.2, 0.25) is 0 Å². The molecule has 1 N–H and O–H groups in total. The quantitative estimate of drug-likeness (QED) is 0.616. The van der Waals surface area contributed by atoms with Crippen molar-refractivity contribution in [3.05, 3.63) is 59.8 Å². The van der Waals surface area contributed by atoms with Crippen LogP contribution in [0.15, 0.2) is 48.5 Å². The van der Waals surface area contributed by atoms with Crippen molar-refractivity contribution in [2.24, 2.45) is 0 Å². The van der Waals surface area contributed by atoms with Gasteiger partial charge >= 0.3 is 0 Å². The van der Waals surface area contributed by atoms with Crippen molar-refractivity contribution >= 4 is 27.8 Å². The van der Waals surface area contributed by atoms with Crippen molar-refractivity contribution < 1.29 is 9.53 Å². The minimum Gasteiger partial charge on any atom is -0.497 e. The molecule has 0 spiro atoms. The SMILES string of the molecule is COc1ccc(C(=O)n2c3ccccc3c3c(C)n[nH]c32)cc1. The first kappa shape index (κ1) is 13.6. The van der Waals surface area contributed by atoms with Gasteiger partial charge in [-0.1, -0.05) is 18.2 Å². The normalized spacial score (nSPS) is 11.2. The lowest BCUT2D eigenvalue weighted by Crippen LogP contribution is -2.12. The first-order valence-corrected chi connectivity index (χ1v) is 7.33. The maximum atomic E-state index is 13.0. The van der Waals surface area contributed by atoms with Gasteiger partial charge in [0.05, 0.1) is 18.3 Å². The third-order valence-corrected chi connectivity index (χ3v) is 4.11. The number of aromatic amines is 1. The first-order chi connectivity index (χ1) is 11.2. The van der Waals surface area contributed by atoms with E-state index in [-0.39, 0.29) is 5.91 Å². The number of methoxy groups -OCH3 is 1. The largest absolute Gasteiger partial charge is 0.497 e. The number of rotatable bonds is 2. The predicted octanol–water partition coefficient (Wildman–Crippen LogP) is 3.52. The van der Waals surface area contributed by atoms with E-state index in [0.29, 0.717) is 5.56 Å². The van der Waals surface area contributed by atoms with Crippen molar-refractivity contribution in [2.45, 2.75) is 6.92 Å². The minimum absolute atomic E-state index is 0.0949. The fourth-order valence-electron chi connectivity index (χ4n) is 2.98. The second-order valence-corrected chi connectivity index (χ2v) is 5.42. The molecule has 0 amide bonds. The highest BCUT2D eigenvalue weighted by Crippen LogP contribution is 2.30. The lowest BCUT2D eigenvalue weighted by atomic mass is 10.2. The zero-order valence-corrected chi connectivity index (χ0v) is 12.8. The second-order valence-electron chi connectivity index (χ2n) is 5.42. The van der Waals surface area contributed by atoms with E-state index in [9.17, 15) is 4.79 Å². The molecule has 0 radical (unpaired) electrons. The van der Waals surface area contributed by atoms with Crippen molar-refractivity contribution in [1.82, 2.24) is 14.8 Å². The summed E-state index contributed by atoms with van der Waals surface area (Å²) in [5, 5.41) is 9.25. The summed E-state index contributed by atoms with van der Waals surface area (Å²) in [6.45, 7) is 1.94. The lowest BCUT2D eigenvalue weighted by Gasteiger charge is -2.06. The molecule has 4 rings (SSSR count). The Kier molecular flexibility index (Phi) is 2.94. The molecule has 0 bridgehead atoms. The third kappa shape index (κ3) is 1.93. The van der Waals surface area contributed by atoms with Crippen molar-refractivity contribution in [3.8, 4) is 5.75 Å². The smallest absolute Gasteiger partial charge is 0.264 e. The van der Waals surface area contributed by atoms with Crippen LogP contribution in [-0.2, 0) is 0 Å². The maximum Gasteiger partial charge on any atom is 0.264 e. The molecule has 0 aliphatic rings. The molecule has 0 atom stereocenters. The summed E-state index contributed by atoms with van der Waals surface area (Å²) in [6.07, 6.45) is 0. The molecular formula is C18H15N3O2. The number of hydrogen-bond acceptors (Lipinski definition) is 3. The van der Waals surface area contributed by atoms with Crippen molar-refractivity contribution in [3.63, 3.8) is 0 Å². The van der Waals surface area contributed by atoms with Crippen LogP contribution in [0, 0.1) is 6.92 Å². The van der Waals surface area contributed by atoms with Gasteiger partial charge < -0.3 is 4.74 Å². The molecule has 0 fully saturated rings. The molecule has 2 aromatic carbocycles. The summed E-state index contributed by atoms with van der Waals surface area (Å²) < 4.78 is 6.84. The lowest BCUT2D eigenvalue weighted by molar-refractivity contribution is 0.0969. The van der Waals surface area contributed by atoms with E-state index in [4.69, 9.17) is 4.74 Å². The van der Waals surface area contributed by atoms with Crippen LogP contribution in [-0.4, -0.2) is 27.8 Å². The molecule has 2 heterocycles. The Morgan fingerprint density at radius 2 is 1.87 bits per heavy atom. The molecule has 0 aliphatic heterocycles. The molecule has 23 heavy (non-hydrogen) atoms. The molecule has 0 saturated heterocycles. The van der Waals surface area contributed by atoms with Gasteiger partial charge in [0.15, 0.2) is 0 Å². The summed E-state index contributed by atoms with van der Waals surface area (Å²) in [6, 6.07) is 15.0. The number of aromatic nitrogens is 3. The number of fused-ring (bicyclic) bond motifs is 3. The summed E-state index contributed by atoms with van der Waals surface area (Å²) >= 11 is 0. The van der Waals surface area contributed by atoms with Crippen molar-refractivity contribution in [2.75, 3.05) is 7.11 Å². The van der Waals surface area contributed by atoms with E-state index in [1.807, 2.05) is 31.2 Å². The molecule has 0 aliphatic carbocycles. The van der Waals surface area contributed by atoms with Crippen LogP contribution in [0.5, 0.6) is 5.75 Å². The van der Waals surface area contributed by atoms with Crippen LogP contribution in [0.2, 0.25) is 0 Å². The molecule has 0 saturated carbocycles. The molecule has 5 heteroatoms. The first-order valence-electron chi connectivity index (χ1n) is 7.33. The second kappa shape index (κ2) is 4.98. The monoisotopic (exact) mass is 305 g/mol. The fraction of sp³-hybridized carbons (Fsp3) is 0.111. The molecular weight excluding hydrogens is 290 g/mol. The highest BCUT2D eigenvalue weighted by Gasteiger charge is 2.20. The third-order valence-electron chi connectivity index (χ3n) is 4.11. The van der Waals surface area contributed by atoms with Gasteiger partial charge in [0.25, 0.3) is 5.91 Å². The molecule has 5 nitrogen and oxygen atoms in total. The Morgan fingerprint density at radius 3 is 2.61 bits per heavy atom. The number of carbonyl (C=O) groups is 1. The van der Waals surface area contributed by atoms with Gasteiger partial charge in [-0.3, -0.25) is 14.5 Å². The number of benzene rings is 2. The Labute approximate surface area is 132 Å². The molecule has 0 unspecified atom stereocenters. The van der Waals surface area contributed by atoms with Gasteiger partial charge in [0.1, 0.15) is 11.4 Å². The average molecular weight is 305 g/mol. The van der Waals surface area contributed by atoms with E-state index in [0.717, 1.165) is 33.4 Å². The number of para-hydroxylation sites is 1. The van der Waals surface area contributed by atoms with Crippen LogP contribution in [0.4, 0.5) is 0 Å². The fourth-order valence-corrected chi connectivity index (χ4v) is 2.98. The van der Waals surface area contributed by atoms with Crippen LogP contribution in [0.25, 0.3) is 21.9 Å². The predicted molar refractivity (Wildman–Crippen MR) is 89.0 cm³/mol. The number of carbonyl (C=O) groups excluding carboxylic acids is 1. The Hall–Kier alpha value is -3.08. The van der Waals surface area contributed by atoms with Gasteiger partial charge in [-0.15, -0.1) is 0 Å². The number of ether oxygens (including phenoxy) is 1. The van der Waals surface area contributed by atoms with Gasteiger partial charge in [0, 0.05) is 16.3 Å². The van der Waals surface area contributed by atoms with Crippen LogP contribution in [0.3, 0.4) is 0 Å². The number of hydrogen-bond donors (Lipinski definition) is 1. The Balaban J connectivity index is 1.97. The zero-order chi connectivity index (χ0) is 16.0. The summed E-state index contributed by atoms with van der Waals surface area (Å²) in [4.78, 5) is 13.0. The zero-order valence-electron chi connectivity index (χ0n) is 12.8. The van der Waals surface area contributed by atoms with Crippen LogP contribution in [0.1, 0.15) is 16.1 Å². The van der Waals surface area contributed by atoms with E-state index in [1.165, 1.54) is 0 Å². The summed E-state index contributed by atoms with van der Waals surface area (Å²) in [5.41, 5.74) is 3.09. The minimum atomic E-state index is -0.0949. The number of nitrogens with one attached hydrogen (secondary N) is 1. The maximum absolute atomic E-state index is 13.0. The van der Waals surface area contributed by atoms with Gasteiger partial charge in [-0.05, 0) is 37.3 Å². The Bertz CT molecular complexity index is 1030. The molecule has 2 aromatic heterocycles. The number of nitrogens with zero attached hydrogens (tertiary/aromatic N) is 2. The highest BCUT2D eigenvalue weighted by molar-refractivity contribution is 6.15. The van der Waals surface area contributed by atoms with E-state index in [2.05, 4.69) is 10.2 Å². The van der Waals surface area contributed by atoms with Crippen molar-refractivity contribution in [1.29, 1.82) is 0 Å². The Morgan fingerprint density at radius 1 is 1.13 bits per heavy atom. The van der Waals surface area contributed by atoms with Crippen LogP contribution >= 0.6 is 0 Å². The summed E-state index contributed by atoms with van der Waals surface area (Å²) in [7, 11) is 1.60. The molecule has 4 aromatic rings. The molecule has 114 valence electrons. The number of aryl methyl sites for hydroxylation is 1. The average Bonchev–Trinajstić information content (AvgIpc) is 3.12. The highest BCUT2D eigenvalue weighted by atomic mass is 16.5. The van der Waals surface area contributed by atoms with Gasteiger partial charge in [-0.2, -0.15) is 5.10 Å². The topological polar surface area (TPSA) is 59.9 Å².